The predicted octanol–water partition coefficient (Wildman–Crippen LogP) is 3.63. The van der Waals surface area contributed by atoms with Gasteiger partial charge in [-0.3, -0.25) is 0 Å². The minimum absolute atomic E-state index is 0.0905. The van der Waals surface area contributed by atoms with Crippen LogP contribution in [-0.4, -0.2) is 20.3 Å². The Kier molecular flexibility index (Phi) is 5.27. The van der Waals surface area contributed by atoms with Gasteiger partial charge in [0.2, 0.25) is 0 Å². The van der Waals surface area contributed by atoms with E-state index in [-0.39, 0.29) is 19.0 Å². The monoisotopic (exact) mass is 312 g/mol. The van der Waals surface area contributed by atoms with Crippen molar-refractivity contribution in [3.05, 3.63) is 29.3 Å². The number of methoxy groups -OCH3 is 1. The minimum atomic E-state index is -4.42. The van der Waals surface area contributed by atoms with Crippen molar-refractivity contribution in [1.82, 2.24) is 0 Å². The first-order valence-corrected chi connectivity index (χ1v) is 5.99. The fraction of sp³-hybridized carbons (Fsp3) is 0.455. The molecule has 0 atom stereocenters. The van der Waals surface area contributed by atoms with E-state index in [2.05, 4.69) is 15.9 Å². The lowest BCUT2D eigenvalue weighted by molar-refractivity contribution is -0.139. The molecule has 2 nitrogen and oxygen atoms in total. The van der Waals surface area contributed by atoms with Gasteiger partial charge in [-0.2, -0.15) is 13.2 Å². The Morgan fingerprint density at radius 2 is 1.94 bits per heavy atom. The van der Waals surface area contributed by atoms with Gasteiger partial charge in [-0.05, 0) is 17.7 Å². The minimum Gasteiger partial charge on any atom is -0.491 e. The van der Waals surface area contributed by atoms with Crippen molar-refractivity contribution in [2.24, 2.45) is 0 Å². The van der Waals surface area contributed by atoms with E-state index >= 15 is 0 Å². The molecule has 0 bridgehead atoms. The Labute approximate surface area is 106 Å². The lowest BCUT2D eigenvalue weighted by atomic mass is 10.1. The maximum Gasteiger partial charge on any atom is 0.419 e. The van der Waals surface area contributed by atoms with Gasteiger partial charge in [-0.25, -0.2) is 0 Å². The number of halogens is 4. The summed E-state index contributed by atoms with van der Waals surface area (Å²) in [5, 5.41) is 0.369. The van der Waals surface area contributed by atoms with Crippen molar-refractivity contribution in [2.45, 2.75) is 11.5 Å². The van der Waals surface area contributed by atoms with E-state index in [4.69, 9.17) is 9.47 Å². The number of hydrogen-bond donors (Lipinski definition) is 0. The Hall–Kier alpha value is -0.750. The average Bonchev–Trinajstić information content (AvgIpc) is 2.28. The van der Waals surface area contributed by atoms with Gasteiger partial charge >= 0.3 is 6.18 Å². The van der Waals surface area contributed by atoms with Crippen LogP contribution >= 0.6 is 15.9 Å². The van der Waals surface area contributed by atoms with Crippen LogP contribution in [0.1, 0.15) is 11.1 Å². The van der Waals surface area contributed by atoms with Gasteiger partial charge in [0.05, 0.1) is 12.2 Å². The van der Waals surface area contributed by atoms with Crippen LogP contribution in [0, 0.1) is 0 Å². The molecule has 0 aliphatic rings. The van der Waals surface area contributed by atoms with Crippen LogP contribution in [0.4, 0.5) is 13.2 Å². The maximum absolute atomic E-state index is 12.7. The predicted molar refractivity (Wildman–Crippen MR) is 61.4 cm³/mol. The summed E-state index contributed by atoms with van der Waals surface area (Å²) in [6.07, 6.45) is -4.42. The summed E-state index contributed by atoms with van der Waals surface area (Å²) >= 11 is 3.12. The quantitative estimate of drug-likeness (QED) is 0.610. The van der Waals surface area contributed by atoms with Crippen LogP contribution in [0.25, 0.3) is 0 Å². The summed E-state index contributed by atoms with van der Waals surface area (Å²) in [5.41, 5.74) is -0.207. The second-order valence-electron chi connectivity index (χ2n) is 3.30. The first kappa shape index (κ1) is 14.3. The van der Waals surface area contributed by atoms with Crippen molar-refractivity contribution in [1.29, 1.82) is 0 Å². The summed E-state index contributed by atoms with van der Waals surface area (Å²) in [6.45, 7) is 0.338. The zero-order valence-electron chi connectivity index (χ0n) is 9.18. The molecule has 0 heterocycles. The molecule has 1 aromatic carbocycles. The summed E-state index contributed by atoms with van der Waals surface area (Å²) in [6, 6.07) is 4.00. The van der Waals surface area contributed by atoms with Gasteiger partial charge < -0.3 is 9.47 Å². The van der Waals surface area contributed by atoms with E-state index in [0.717, 1.165) is 6.07 Å². The van der Waals surface area contributed by atoms with E-state index in [0.29, 0.717) is 10.9 Å². The molecule has 0 saturated heterocycles. The van der Waals surface area contributed by atoms with Crippen molar-refractivity contribution < 1.29 is 22.6 Å². The average molecular weight is 313 g/mol. The van der Waals surface area contributed by atoms with Gasteiger partial charge in [0, 0.05) is 12.4 Å². The van der Waals surface area contributed by atoms with Crippen LogP contribution in [0.2, 0.25) is 0 Å². The Bertz CT molecular complexity index is 366. The lowest BCUT2D eigenvalue weighted by Crippen LogP contribution is -2.11. The molecule has 1 aromatic rings. The standard InChI is InChI=1S/C11H12BrF3O2/c1-16-4-5-17-10-3-2-8(7-12)6-9(10)11(13,14)15/h2-3,6H,4-5,7H2,1H3. The smallest absolute Gasteiger partial charge is 0.419 e. The van der Waals surface area contributed by atoms with Crippen LogP contribution in [0.5, 0.6) is 5.75 Å². The molecule has 96 valence electrons. The molecule has 0 unspecified atom stereocenters. The van der Waals surface area contributed by atoms with Gasteiger partial charge in [-0.15, -0.1) is 0 Å². The molecule has 0 fully saturated rings. The van der Waals surface area contributed by atoms with E-state index < -0.39 is 11.7 Å². The Balaban J connectivity index is 2.95. The van der Waals surface area contributed by atoms with Crippen molar-refractivity contribution >= 4 is 15.9 Å². The number of hydrogen-bond acceptors (Lipinski definition) is 2. The lowest BCUT2D eigenvalue weighted by Gasteiger charge is -2.14. The largest absolute Gasteiger partial charge is 0.491 e. The van der Waals surface area contributed by atoms with Gasteiger partial charge in [-0.1, -0.05) is 22.0 Å². The zero-order chi connectivity index (χ0) is 12.9. The number of benzene rings is 1. The molecule has 17 heavy (non-hydrogen) atoms. The maximum atomic E-state index is 12.7. The van der Waals surface area contributed by atoms with Crippen LogP contribution in [0.3, 0.4) is 0 Å². The second-order valence-corrected chi connectivity index (χ2v) is 3.86. The van der Waals surface area contributed by atoms with E-state index in [1.165, 1.54) is 13.2 Å². The molecule has 0 aliphatic heterocycles. The highest BCUT2D eigenvalue weighted by atomic mass is 79.9. The first-order chi connectivity index (χ1) is 7.99. The van der Waals surface area contributed by atoms with Crippen LogP contribution in [-0.2, 0) is 16.2 Å². The highest BCUT2D eigenvalue weighted by molar-refractivity contribution is 9.08. The molecule has 0 amide bonds. The van der Waals surface area contributed by atoms with E-state index in [1.54, 1.807) is 6.07 Å². The summed E-state index contributed by atoms with van der Waals surface area (Å²) in [7, 11) is 1.46. The fourth-order valence-electron chi connectivity index (χ4n) is 1.24. The van der Waals surface area contributed by atoms with Gasteiger partial charge in [0.25, 0.3) is 0 Å². The molecular weight excluding hydrogens is 301 g/mol. The normalized spacial score (nSPS) is 11.6. The highest BCUT2D eigenvalue weighted by Crippen LogP contribution is 2.37. The number of rotatable bonds is 5. The summed E-state index contributed by atoms with van der Waals surface area (Å²) < 4.78 is 48.0. The molecule has 0 aliphatic carbocycles. The van der Waals surface area contributed by atoms with Crippen LogP contribution in [0.15, 0.2) is 18.2 Å². The van der Waals surface area contributed by atoms with Gasteiger partial charge in [0.1, 0.15) is 12.4 Å². The number of ether oxygens (including phenoxy) is 2. The van der Waals surface area contributed by atoms with Crippen molar-refractivity contribution in [3.63, 3.8) is 0 Å². The fourth-order valence-corrected chi connectivity index (χ4v) is 1.59. The topological polar surface area (TPSA) is 18.5 Å². The zero-order valence-corrected chi connectivity index (χ0v) is 10.8. The SMILES string of the molecule is COCCOc1ccc(CBr)cc1C(F)(F)F. The molecule has 0 N–H and O–H groups in total. The molecule has 1 rings (SSSR count). The molecule has 6 heteroatoms. The van der Waals surface area contributed by atoms with E-state index in [1.807, 2.05) is 0 Å². The number of alkyl halides is 4. The van der Waals surface area contributed by atoms with Gasteiger partial charge in [0.15, 0.2) is 0 Å². The molecule has 0 saturated carbocycles. The molecule has 0 aromatic heterocycles. The molecule has 0 spiro atoms. The molecule has 0 radical (unpaired) electrons. The molecular formula is C11H12BrF3O2. The van der Waals surface area contributed by atoms with Crippen molar-refractivity contribution in [3.8, 4) is 5.75 Å². The highest BCUT2D eigenvalue weighted by Gasteiger charge is 2.34. The second kappa shape index (κ2) is 6.26. The third-order valence-electron chi connectivity index (χ3n) is 2.05. The van der Waals surface area contributed by atoms with Crippen molar-refractivity contribution in [2.75, 3.05) is 20.3 Å². The van der Waals surface area contributed by atoms with Crippen LogP contribution < -0.4 is 4.74 Å². The summed E-state index contributed by atoms with van der Waals surface area (Å²) in [5.74, 6) is -0.167. The van der Waals surface area contributed by atoms with E-state index in [9.17, 15) is 13.2 Å². The third kappa shape index (κ3) is 4.20. The first-order valence-electron chi connectivity index (χ1n) is 4.87. The third-order valence-corrected chi connectivity index (χ3v) is 2.70. The Morgan fingerprint density at radius 3 is 2.47 bits per heavy atom. The Morgan fingerprint density at radius 1 is 1.24 bits per heavy atom. The summed E-state index contributed by atoms with van der Waals surface area (Å²) in [4.78, 5) is 0.